The van der Waals surface area contributed by atoms with E-state index in [4.69, 9.17) is 0 Å². The van der Waals surface area contributed by atoms with Crippen LogP contribution in [0.2, 0.25) is 0 Å². The summed E-state index contributed by atoms with van der Waals surface area (Å²) in [6.45, 7) is 2.84. The van der Waals surface area contributed by atoms with E-state index in [9.17, 15) is 14.7 Å². The van der Waals surface area contributed by atoms with Crippen LogP contribution in [0.4, 0.5) is 0 Å². The molecule has 2 aromatic rings. The van der Waals surface area contributed by atoms with Crippen molar-refractivity contribution < 1.29 is 14.7 Å². The molecule has 0 aliphatic carbocycles. The highest BCUT2D eigenvalue weighted by Crippen LogP contribution is 2.38. The molecule has 0 spiro atoms. The van der Waals surface area contributed by atoms with Crippen LogP contribution in [0.1, 0.15) is 22.9 Å². The van der Waals surface area contributed by atoms with E-state index in [-0.39, 0.29) is 11.3 Å². The molecule has 0 radical (unpaired) electrons. The van der Waals surface area contributed by atoms with Gasteiger partial charge in [0.25, 0.3) is 11.7 Å². The van der Waals surface area contributed by atoms with E-state index >= 15 is 0 Å². The number of rotatable bonds is 5. The maximum atomic E-state index is 12.9. The Hall–Kier alpha value is -2.51. The van der Waals surface area contributed by atoms with E-state index in [1.54, 1.807) is 36.5 Å². The zero-order valence-electron chi connectivity index (χ0n) is 16.0. The first-order valence-electron chi connectivity index (χ1n) is 8.92. The summed E-state index contributed by atoms with van der Waals surface area (Å²) in [7, 11) is 3.80. The summed E-state index contributed by atoms with van der Waals surface area (Å²) in [6, 6.07) is 9.93. The molecule has 1 atom stereocenters. The Morgan fingerprint density at radius 3 is 2.61 bits per heavy atom. The fourth-order valence-corrected chi connectivity index (χ4v) is 3.46. The van der Waals surface area contributed by atoms with Gasteiger partial charge in [-0.3, -0.25) is 14.6 Å². The molecule has 28 heavy (non-hydrogen) atoms. The summed E-state index contributed by atoms with van der Waals surface area (Å²) in [5.41, 5.74) is 2.03. The number of amides is 1. The Balaban J connectivity index is 2.14. The lowest BCUT2D eigenvalue weighted by atomic mass is 9.97. The molecule has 1 fully saturated rings. The second kappa shape index (κ2) is 8.24. The number of hydrogen-bond donors (Lipinski definition) is 1. The van der Waals surface area contributed by atoms with Crippen molar-refractivity contribution in [3.8, 4) is 0 Å². The normalized spacial score (nSPS) is 18.9. The quantitative estimate of drug-likeness (QED) is 0.436. The van der Waals surface area contributed by atoms with Gasteiger partial charge < -0.3 is 14.9 Å². The highest BCUT2D eigenvalue weighted by molar-refractivity contribution is 9.10. The number of ketones is 1. The largest absolute Gasteiger partial charge is 0.507 e. The Morgan fingerprint density at radius 1 is 1.25 bits per heavy atom. The van der Waals surface area contributed by atoms with Gasteiger partial charge >= 0.3 is 0 Å². The number of likely N-dealkylation sites (tertiary alicyclic amines) is 1. The van der Waals surface area contributed by atoms with Gasteiger partial charge in [-0.25, -0.2) is 0 Å². The van der Waals surface area contributed by atoms with Crippen LogP contribution in [-0.4, -0.2) is 58.8 Å². The second-order valence-electron chi connectivity index (χ2n) is 7.01. The summed E-state index contributed by atoms with van der Waals surface area (Å²) >= 11 is 3.43. The fourth-order valence-electron chi connectivity index (χ4n) is 3.21. The zero-order valence-corrected chi connectivity index (χ0v) is 17.6. The lowest BCUT2D eigenvalue weighted by Crippen LogP contribution is -2.35. The Morgan fingerprint density at radius 2 is 2.00 bits per heavy atom. The Kier molecular flexibility index (Phi) is 5.96. The maximum absolute atomic E-state index is 12.9. The van der Waals surface area contributed by atoms with Crippen molar-refractivity contribution in [2.24, 2.45) is 0 Å². The van der Waals surface area contributed by atoms with Crippen LogP contribution in [0.5, 0.6) is 0 Å². The number of pyridine rings is 1. The SMILES string of the molecule is Cc1cc(/C(O)=C2/C(=O)C(=O)N(CCN(C)C)C2c2ccccn2)ccc1Br. The van der Waals surface area contributed by atoms with E-state index in [2.05, 4.69) is 20.9 Å². The smallest absolute Gasteiger partial charge is 0.295 e. The first-order valence-corrected chi connectivity index (χ1v) is 9.71. The van der Waals surface area contributed by atoms with Gasteiger partial charge in [0.1, 0.15) is 11.8 Å². The number of aryl methyl sites for hydroxylation is 1. The monoisotopic (exact) mass is 443 g/mol. The average Bonchev–Trinajstić information content (AvgIpc) is 2.93. The third-order valence-corrected chi connectivity index (χ3v) is 5.62. The van der Waals surface area contributed by atoms with E-state index in [0.717, 1.165) is 10.0 Å². The van der Waals surface area contributed by atoms with Crippen LogP contribution < -0.4 is 0 Å². The molecule has 6 nitrogen and oxygen atoms in total. The highest BCUT2D eigenvalue weighted by atomic mass is 79.9. The minimum atomic E-state index is -0.717. The number of Topliss-reactive ketones (excluding diaryl/α,β-unsaturated/α-hetero) is 1. The van der Waals surface area contributed by atoms with Crippen molar-refractivity contribution in [2.75, 3.05) is 27.2 Å². The van der Waals surface area contributed by atoms with Gasteiger partial charge in [0.05, 0.1) is 11.3 Å². The van der Waals surface area contributed by atoms with E-state index < -0.39 is 17.7 Å². The number of nitrogens with zero attached hydrogens (tertiary/aromatic N) is 3. The highest BCUT2D eigenvalue weighted by Gasteiger charge is 2.46. The van der Waals surface area contributed by atoms with Gasteiger partial charge in [0.15, 0.2) is 0 Å². The molecular formula is C21H22BrN3O3. The molecule has 0 bridgehead atoms. The van der Waals surface area contributed by atoms with Crippen molar-refractivity contribution >= 4 is 33.4 Å². The van der Waals surface area contributed by atoms with E-state index in [1.165, 1.54) is 4.90 Å². The standard InChI is InChI=1S/C21H22BrN3O3/c1-13-12-14(7-8-15(13)22)19(26)17-18(16-6-4-5-9-23-16)25(11-10-24(2)3)21(28)20(17)27/h4-9,12,18,26H,10-11H2,1-3H3/b19-17-. The third kappa shape index (κ3) is 3.86. The number of aliphatic hydroxyl groups is 1. The molecule has 0 saturated carbocycles. The number of aliphatic hydroxyl groups excluding tert-OH is 1. The van der Waals surface area contributed by atoms with Gasteiger partial charge in [-0.2, -0.15) is 0 Å². The maximum Gasteiger partial charge on any atom is 0.295 e. The molecule has 1 saturated heterocycles. The van der Waals surface area contributed by atoms with Crippen molar-refractivity contribution in [3.05, 3.63) is 69.5 Å². The van der Waals surface area contributed by atoms with Crippen molar-refractivity contribution in [3.63, 3.8) is 0 Å². The minimum Gasteiger partial charge on any atom is -0.507 e. The number of hydrogen-bond acceptors (Lipinski definition) is 5. The summed E-state index contributed by atoms with van der Waals surface area (Å²) in [4.78, 5) is 33.4. The predicted molar refractivity (Wildman–Crippen MR) is 111 cm³/mol. The van der Waals surface area contributed by atoms with Crippen LogP contribution >= 0.6 is 15.9 Å². The van der Waals surface area contributed by atoms with Crippen molar-refractivity contribution in [1.82, 2.24) is 14.8 Å². The lowest BCUT2D eigenvalue weighted by Gasteiger charge is -2.25. The summed E-state index contributed by atoms with van der Waals surface area (Å²) in [5.74, 6) is -1.49. The number of carbonyl (C=O) groups excluding carboxylic acids is 2. The van der Waals surface area contributed by atoms with Gasteiger partial charge in [-0.15, -0.1) is 0 Å². The molecule has 1 N–H and O–H groups in total. The fraction of sp³-hybridized carbons (Fsp3) is 0.286. The topological polar surface area (TPSA) is 73.7 Å². The number of aromatic nitrogens is 1. The van der Waals surface area contributed by atoms with Gasteiger partial charge in [-0.05, 0) is 50.8 Å². The van der Waals surface area contributed by atoms with Crippen LogP contribution in [-0.2, 0) is 9.59 Å². The molecule has 1 aliphatic rings. The summed E-state index contributed by atoms with van der Waals surface area (Å²) < 4.78 is 0.900. The molecule has 1 amide bonds. The summed E-state index contributed by atoms with van der Waals surface area (Å²) in [6.07, 6.45) is 1.62. The molecule has 1 aromatic carbocycles. The molecule has 146 valence electrons. The van der Waals surface area contributed by atoms with Crippen LogP contribution in [0.3, 0.4) is 0 Å². The Labute approximate surface area is 172 Å². The lowest BCUT2D eigenvalue weighted by molar-refractivity contribution is -0.140. The van der Waals surface area contributed by atoms with Crippen LogP contribution in [0.15, 0.2) is 52.6 Å². The molecule has 3 rings (SSSR count). The minimum absolute atomic E-state index is 0.0733. The zero-order chi connectivity index (χ0) is 20.4. The van der Waals surface area contributed by atoms with Crippen LogP contribution in [0, 0.1) is 6.92 Å². The average molecular weight is 444 g/mol. The van der Waals surface area contributed by atoms with E-state index in [1.807, 2.05) is 32.0 Å². The van der Waals surface area contributed by atoms with Crippen molar-refractivity contribution in [2.45, 2.75) is 13.0 Å². The second-order valence-corrected chi connectivity index (χ2v) is 7.87. The van der Waals surface area contributed by atoms with Gasteiger partial charge in [-0.1, -0.05) is 28.1 Å². The third-order valence-electron chi connectivity index (χ3n) is 4.73. The van der Waals surface area contributed by atoms with Crippen molar-refractivity contribution in [1.29, 1.82) is 0 Å². The number of likely N-dealkylation sites (N-methyl/N-ethyl adjacent to an activating group) is 1. The molecule has 2 heterocycles. The Bertz CT molecular complexity index is 941. The molecule has 1 unspecified atom stereocenters. The molecule has 1 aliphatic heterocycles. The first kappa shape index (κ1) is 20.2. The summed E-state index contributed by atoms with van der Waals surface area (Å²) in [5, 5.41) is 11.0. The molecule has 7 heteroatoms. The number of halogens is 1. The van der Waals surface area contributed by atoms with E-state index in [0.29, 0.717) is 24.3 Å². The molecule has 1 aromatic heterocycles. The first-order chi connectivity index (χ1) is 13.3. The molecular weight excluding hydrogens is 422 g/mol. The number of benzene rings is 1. The predicted octanol–water partition coefficient (Wildman–Crippen LogP) is 3.14. The number of carbonyl (C=O) groups is 2. The van der Waals surface area contributed by atoms with Crippen LogP contribution in [0.25, 0.3) is 5.76 Å². The van der Waals surface area contributed by atoms with Gasteiger partial charge in [0, 0.05) is 29.3 Å². The van der Waals surface area contributed by atoms with Gasteiger partial charge in [0.2, 0.25) is 0 Å².